The van der Waals surface area contributed by atoms with E-state index in [-0.39, 0.29) is 16.7 Å². The minimum absolute atomic E-state index is 0.159. The van der Waals surface area contributed by atoms with Crippen molar-refractivity contribution in [3.63, 3.8) is 0 Å². The molecule has 2 aromatic rings. The molecule has 0 aliphatic heterocycles. The molecular weight excluding hydrogens is 300 g/mol. The maximum Gasteiger partial charge on any atom is 0.337 e. The zero-order chi connectivity index (χ0) is 17.0. The quantitative estimate of drug-likeness (QED) is 0.577. The summed E-state index contributed by atoms with van der Waals surface area (Å²) in [7, 11) is 0. The second-order valence-electron chi connectivity index (χ2n) is 4.58. The van der Waals surface area contributed by atoms with Gasteiger partial charge >= 0.3 is 17.9 Å². The van der Waals surface area contributed by atoms with Gasteiger partial charge in [-0.1, -0.05) is 48.5 Å². The van der Waals surface area contributed by atoms with E-state index in [4.69, 9.17) is 0 Å². The summed E-state index contributed by atoms with van der Waals surface area (Å²) in [5, 5.41) is 28.2. The minimum atomic E-state index is -1.51. The molecule has 0 aliphatic carbocycles. The zero-order valence-corrected chi connectivity index (χ0v) is 11.8. The van der Waals surface area contributed by atoms with Crippen LogP contribution in [0.4, 0.5) is 0 Å². The molecule has 0 aromatic heterocycles. The van der Waals surface area contributed by atoms with Gasteiger partial charge in [0.05, 0.1) is 16.7 Å². The third-order valence-corrected chi connectivity index (χ3v) is 3.17. The fourth-order valence-corrected chi connectivity index (χ4v) is 2.22. The molecule has 2 rings (SSSR count). The van der Waals surface area contributed by atoms with Gasteiger partial charge in [0.2, 0.25) is 0 Å². The van der Waals surface area contributed by atoms with Crippen LogP contribution in [0.15, 0.2) is 54.6 Å². The number of hydrogen-bond acceptors (Lipinski definition) is 3. The molecule has 3 N–H and O–H groups in total. The first-order chi connectivity index (χ1) is 10.9. The van der Waals surface area contributed by atoms with Crippen molar-refractivity contribution in [2.24, 2.45) is 0 Å². The van der Waals surface area contributed by atoms with Gasteiger partial charge in [0.15, 0.2) is 0 Å². The van der Waals surface area contributed by atoms with Crippen LogP contribution in [0.25, 0.3) is 11.1 Å². The summed E-state index contributed by atoms with van der Waals surface area (Å²) >= 11 is 0. The van der Waals surface area contributed by atoms with E-state index in [1.165, 1.54) is 36.4 Å². The SMILES string of the molecule is O=C(O)C(=C(C(=O)O)c1ccccc1C(=O)O)c1ccccc1. The highest BCUT2D eigenvalue weighted by Crippen LogP contribution is 2.29. The highest BCUT2D eigenvalue weighted by atomic mass is 16.4. The second kappa shape index (κ2) is 6.57. The fraction of sp³-hybridized carbons (Fsp3) is 0. The largest absolute Gasteiger partial charge is 0.478 e. The van der Waals surface area contributed by atoms with Gasteiger partial charge in [-0.2, -0.15) is 0 Å². The summed E-state index contributed by atoms with van der Waals surface area (Å²) in [5.74, 6) is -4.30. The Hall–Kier alpha value is -3.41. The molecular formula is C17H12O6. The lowest BCUT2D eigenvalue weighted by atomic mass is 9.91. The van der Waals surface area contributed by atoms with E-state index in [2.05, 4.69) is 0 Å². The van der Waals surface area contributed by atoms with Gasteiger partial charge in [0.25, 0.3) is 0 Å². The van der Waals surface area contributed by atoms with Crippen LogP contribution in [0.2, 0.25) is 0 Å². The first-order valence-corrected chi connectivity index (χ1v) is 6.52. The van der Waals surface area contributed by atoms with Crippen molar-refractivity contribution in [1.29, 1.82) is 0 Å². The van der Waals surface area contributed by atoms with Gasteiger partial charge < -0.3 is 15.3 Å². The Morgan fingerprint density at radius 1 is 0.609 bits per heavy atom. The highest BCUT2D eigenvalue weighted by molar-refractivity contribution is 6.37. The summed E-state index contributed by atoms with van der Waals surface area (Å²) in [6.07, 6.45) is 0. The summed E-state index contributed by atoms with van der Waals surface area (Å²) in [6.45, 7) is 0. The molecule has 6 heteroatoms. The van der Waals surface area contributed by atoms with E-state index in [0.717, 1.165) is 0 Å². The molecule has 0 aliphatic rings. The fourth-order valence-electron chi connectivity index (χ4n) is 2.22. The lowest BCUT2D eigenvalue weighted by Crippen LogP contribution is -2.13. The van der Waals surface area contributed by atoms with Crippen molar-refractivity contribution < 1.29 is 29.7 Å². The van der Waals surface area contributed by atoms with Crippen LogP contribution in [0.1, 0.15) is 21.5 Å². The van der Waals surface area contributed by atoms with Gasteiger partial charge in [-0.25, -0.2) is 14.4 Å². The maximum absolute atomic E-state index is 11.7. The van der Waals surface area contributed by atoms with Crippen molar-refractivity contribution in [2.75, 3.05) is 0 Å². The Labute approximate surface area is 130 Å². The van der Waals surface area contributed by atoms with E-state index in [1.807, 2.05) is 0 Å². The minimum Gasteiger partial charge on any atom is -0.478 e. The summed E-state index contributed by atoms with van der Waals surface area (Å²) in [6, 6.07) is 13.1. The Morgan fingerprint density at radius 2 is 1.09 bits per heavy atom. The number of benzene rings is 2. The van der Waals surface area contributed by atoms with Gasteiger partial charge in [-0.15, -0.1) is 0 Å². The third kappa shape index (κ3) is 3.26. The number of carboxylic acids is 3. The number of aliphatic carboxylic acids is 2. The Bertz CT molecular complexity index is 805. The van der Waals surface area contributed by atoms with Crippen LogP contribution in [0.3, 0.4) is 0 Å². The molecule has 0 bridgehead atoms. The first kappa shape index (κ1) is 16.0. The summed E-state index contributed by atoms with van der Waals surface area (Å²) in [5.41, 5.74) is -1.29. The molecule has 23 heavy (non-hydrogen) atoms. The van der Waals surface area contributed by atoms with Crippen molar-refractivity contribution >= 4 is 29.1 Å². The molecule has 6 nitrogen and oxygen atoms in total. The monoisotopic (exact) mass is 312 g/mol. The molecule has 0 atom stereocenters. The lowest BCUT2D eigenvalue weighted by Gasteiger charge is -2.12. The third-order valence-electron chi connectivity index (χ3n) is 3.17. The van der Waals surface area contributed by atoms with Crippen molar-refractivity contribution in [3.8, 4) is 0 Å². The van der Waals surface area contributed by atoms with Crippen LogP contribution in [0, 0.1) is 0 Å². The number of rotatable bonds is 5. The number of aromatic carboxylic acids is 1. The molecule has 0 fully saturated rings. The predicted molar refractivity (Wildman–Crippen MR) is 81.9 cm³/mol. The molecule has 0 saturated carbocycles. The molecule has 116 valence electrons. The average Bonchev–Trinajstić information content (AvgIpc) is 2.52. The van der Waals surface area contributed by atoms with Crippen molar-refractivity contribution in [2.45, 2.75) is 0 Å². The van der Waals surface area contributed by atoms with Crippen LogP contribution in [-0.2, 0) is 9.59 Å². The van der Waals surface area contributed by atoms with Gasteiger partial charge in [-0.3, -0.25) is 0 Å². The molecule has 0 spiro atoms. The van der Waals surface area contributed by atoms with E-state index < -0.39 is 29.1 Å². The molecule has 0 radical (unpaired) electrons. The number of carboxylic acid groups (broad SMARTS) is 3. The molecule has 2 aromatic carbocycles. The molecule has 0 unspecified atom stereocenters. The van der Waals surface area contributed by atoms with Crippen molar-refractivity contribution in [3.05, 3.63) is 71.3 Å². The van der Waals surface area contributed by atoms with Crippen LogP contribution < -0.4 is 0 Å². The molecule has 0 heterocycles. The first-order valence-electron chi connectivity index (χ1n) is 6.52. The molecule has 0 saturated heterocycles. The molecule has 0 amide bonds. The topological polar surface area (TPSA) is 112 Å². The smallest absolute Gasteiger partial charge is 0.337 e. The second-order valence-corrected chi connectivity index (χ2v) is 4.58. The van der Waals surface area contributed by atoms with Crippen LogP contribution >= 0.6 is 0 Å². The van der Waals surface area contributed by atoms with Gasteiger partial charge in [0.1, 0.15) is 0 Å². The lowest BCUT2D eigenvalue weighted by molar-refractivity contribution is -0.132. The normalized spacial score (nSPS) is 11.5. The van der Waals surface area contributed by atoms with E-state index >= 15 is 0 Å². The van der Waals surface area contributed by atoms with E-state index in [1.54, 1.807) is 18.2 Å². The van der Waals surface area contributed by atoms with Gasteiger partial charge in [0, 0.05) is 5.56 Å². The maximum atomic E-state index is 11.7. The Kier molecular flexibility index (Phi) is 4.56. The van der Waals surface area contributed by atoms with E-state index in [9.17, 15) is 29.7 Å². The number of hydrogen-bond donors (Lipinski definition) is 3. The summed E-state index contributed by atoms with van der Waals surface area (Å²) in [4.78, 5) is 34.6. The van der Waals surface area contributed by atoms with Crippen LogP contribution in [-0.4, -0.2) is 33.2 Å². The Morgan fingerprint density at radius 3 is 1.57 bits per heavy atom. The van der Waals surface area contributed by atoms with E-state index in [0.29, 0.717) is 0 Å². The summed E-state index contributed by atoms with van der Waals surface area (Å²) < 4.78 is 0. The van der Waals surface area contributed by atoms with Gasteiger partial charge in [-0.05, 0) is 11.6 Å². The standard InChI is InChI=1S/C17H12O6/c18-15(19)12-9-5-4-8-11(12)14(17(22)23)13(16(20)21)10-6-2-1-3-7-10/h1-9H,(H,18,19)(H,20,21)(H,22,23). The number of carbonyl (C=O) groups is 3. The predicted octanol–water partition coefficient (Wildman–Crippen LogP) is 2.46. The average molecular weight is 312 g/mol. The Balaban J connectivity index is 2.87. The zero-order valence-electron chi connectivity index (χ0n) is 11.8. The van der Waals surface area contributed by atoms with Crippen molar-refractivity contribution in [1.82, 2.24) is 0 Å². The van der Waals surface area contributed by atoms with Crippen LogP contribution in [0.5, 0.6) is 0 Å². The highest BCUT2D eigenvalue weighted by Gasteiger charge is 2.26.